The number of hydrogen-bond donors (Lipinski definition) is 1. The number of nitrogens with zero attached hydrogens (tertiary/aromatic N) is 1. The van der Waals surface area contributed by atoms with Gasteiger partial charge >= 0.3 is 0 Å². The van der Waals surface area contributed by atoms with Crippen LogP contribution in [0.3, 0.4) is 0 Å². The van der Waals surface area contributed by atoms with Crippen molar-refractivity contribution < 1.29 is 0 Å². The van der Waals surface area contributed by atoms with E-state index in [2.05, 4.69) is 49.2 Å². The topological polar surface area (TPSA) is 15.3 Å². The van der Waals surface area contributed by atoms with Crippen molar-refractivity contribution in [3.8, 4) is 0 Å². The minimum Gasteiger partial charge on any atom is -0.314 e. The Balaban J connectivity index is 0.00000144. The highest BCUT2D eigenvalue weighted by Gasteiger charge is 2.19. The SMILES string of the molecule is Cc1cccc([C@@H](C)N2CCNCC2)c1C.Cl.Cl. The standard InChI is InChI=1S/C14H22N2.2ClH/c1-11-5-4-6-14(12(11)2)13(3)16-9-7-15-8-10-16;;/h4-6,13,15H,7-10H2,1-3H3;2*1H/t13-;;/m1../s1. The molecule has 4 heteroatoms. The molecule has 1 aromatic rings. The molecule has 2 rings (SSSR count). The Bertz CT molecular complexity index is 363. The normalized spacial score (nSPS) is 17.5. The van der Waals surface area contributed by atoms with Crippen molar-refractivity contribution in [2.45, 2.75) is 26.8 Å². The van der Waals surface area contributed by atoms with E-state index in [0.29, 0.717) is 6.04 Å². The number of halogens is 2. The van der Waals surface area contributed by atoms with Gasteiger partial charge in [-0.3, -0.25) is 4.90 Å². The zero-order valence-corrected chi connectivity index (χ0v) is 13.0. The van der Waals surface area contributed by atoms with Crippen molar-refractivity contribution in [2.75, 3.05) is 26.2 Å². The lowest BCUT2D eigenvalue weighted by molar-refractivity contribution is 0.185. The molecular formula is C14H24Cl2N2. The van der Waals surface area contributed by atoms with Crippen molar-refractivity contribution in [3.05, 3.63) is 34.9 Å². The van der Waals surface area contributed by atoms with Gasteiger partial charge in [0.25, 0.3) is 0 Å². The quantitative estimate of drug-likeness (QED) is 0.900. The Morgan fingerprint density at radius 2 is 1.72 bits per heavy atom. The summed E-state index contributed by atoms with van der Waals surface area (Å²) in [5.41, 5.74) is 4.34. The molecule has 0 spiro atoms. The zero-order chi connectivity index (χ0) is 11.5. The van der Waals surface area contributed by atoms with E-state index in [1.165, 1.54) is 16.7 Å². The molecule has 1 fully saturated rings. The van der Waals surface area contributed by atoms with E-state index in [1.807, 2.05) is 0 Å². The molecule has 0 aromatic heterocycles. The lowest BCUT2D eigenvalue weighted by Gasteiger charge is -2.34. The zero-order valence-electron chi connectivity index (χ0n) is 11.4. The molecule has 0 unspecified atom stereocenters. The van der Waals surface area contributed by atoms with Crippen LogP contribution in [0.5, 0.6) is 0 Å². The molecule has 0 aliphatic carbocycles. The molecule has 1 aliphatic rings. The molecule has 1 heterocycles. The van der Waals surface area contributed by atoms with Gasteiger partial charge in [-0.15, -0.1) is 24.8 Å². The monoisotopic (exact) mass is 290 g/mol. The molecule has 0 radical (unpaired) electrons. The van der Waals surface area contributed by atoms with E-state index >= 15 is 0 Å². The minimum absolute atomic E-state index is 0. The summed E-state index contributed by atoms with van der Waals surface area (Å²) in [7, 11) is 0. The summed E-state index contributed by atoms with van der Waals surface area (Å²) in [5, 5.41) is 3.41. The van der Waals surface area contributed by atoms with E-state index in [-0.39, 0.29) is 24.8 Å². The van der Waals surface area contributed by atoms with Crippen LogP contribution in [0.1, 0.15) is 29.7 Å². The van der Waals surface area contributed by atoms with Crippen molar-refractivity contribution >= 4 is 24.8 Å². The van der Waals surface area contributed by atoms with E-state index in [9.17, 15) is 0 Å². The van der Waals surface area contributed by atoms with Gasteiger partial charge in [0.05, 0.1) is 0 Å². The minimum atomic E-state index is 0. The Labute approximate surface area is 123 Å². The third-order valence-electron chi connectivity index (χ3n) is 3.80. The molecule has 0 bridgehead atoms. The molecule has 1 aromatic carbocycles. The van der Waals surface area contributed by atoms with Crippen molar-refractivity contribution in [3.63, 3.8) is 0 Å². The third-order valence-corrected chi connectivity index (χ3v) is 3.80. The van der Waals surface area contributed by atoms with Gasteiger partial charge in [-0.25, -0.2) is 0 Å². The molecule has 18 heavy (non-hydrogen) atoms. The van der Waals surface area contributed by atoms with Crippen LogP contribution in [0, 0.1) is 13.8 Å². The maximum atomic E-state index is 3.41. The Morgan fingerprint density at radius 1 is 1.11 bits per heavy atom. The van der Waals surface area contributed by atoms with Crippen molar-refractivity contribution in [2.24, 2.45) is 0 Å². The predicted molar refractivity (Wildman–Crippen MR) is 83.3 cm³/mol. The van der Waals surface area contributed by atoms with Gasteiger partial charge in [0.2, 0.25) is 0 Å². The molecule has 1 N–H and O–H groups in total. The first-order chi connectivity index (χ1) is 7.70. The van der Waals surface area contributed by atoms with Gasteiger partial charge < -0.3 is 5.32 Å². The summed E-state index contributed by atoms with van der Waals surface area (Å²) in [5.74, 6) is 0. The van der Waals surface area contributed by atoms with E-state index in [1.54, 1.807) is 0 Å². The van der Waals surface area contributed by atoms with Crippen LogP contribution in [0.15, 0.2) is 18.2 Å². The summed E-state index contributed by atoms with van der Waals surface area (Å²) >= 11 is 0. The van der Waals surface area contributed by atoms with Gasteiger partial charge in [-0.05, 0) is 37.5 Å². The first-order valence-corrected chi connectivity index (χ1v) is 6.21. The first-order valence-electron chi connectivity index (χ1n) is 6.21. The Hall–Kier alpha value is -0.280. The van der Waals surface area contributed by atoms with Gasteiger partial charge in [0.15, 0.2) is 0 Å². The number of aryl methyl sites for hydroxylation is 1. The van der Waals surface area contributed by atoms with E-state index in [0.717, 1.165) is 26.2 Å². The summed E-state index contributed by atoms with van der Waals surface area (Å²) < 4.78 is 0. The second-order valence-corrected chi connectivity index (χ2v) is 4.75. The third kappa shape index (κ3) is 3.86. The fourth-order valence-electron chi connectivity index (χ4n) is 2.49. The summed E-state index contributed by atoms with van der Waals surface area (Å²) in [4.78, 5) is 2.57. The number of nitrogens with one attached hydrogen (secondary N) is 1. The molecule has 1 aliphatic heterocycles. The highest BCUT2D eigenvalue weighted by Crippen LogP contribution is 2.25. The summed E-state index contributed by atoms with van der Waals surface area (Å²) in [6.07, 6.45) is 0. The van der Waals surface area contributed by atoms with Crippen molar-refractivity contribution in [1.82, 2.24) is 10.2 Å². The number of rotatable bonds is 2. The van der Waals surface area contributed by atoms with Crippen LogP contribution < -0.4 is 5.32 Å². The predicted octanol–water partition coefficient (Wildman–Crippen LogP) is 3.11. The fourth-order valence-corrected chi connectivity index (χ4v) is 2.49. The van der Waals surface area contributed by atoms with E-state index < -0.39 is 0 Å². The summed E-state index contributed by atoms with van der Waals surface area (Å²) in [6.45, 7) is 11.3. The largest absolute Gasteiger partial charge is 0.314 e. The van der Waals surface area contributed by atoms with E-state index in [4.69, 9.17) is 0 Å². The van der Waals surface area contributed by atoms with Gasteiger partial charge in [-0.2, -0.15) is 0 Å². The molecular weight excluding hydrogens is 267 g/mol. The maximum absolute atomic E-state index is 3.41. The molecule has 104 valence electrons. The first kappa shape index (κ1) is 17.7. The number of benzene rings is 1. The fraction of sp³-hybridized carbons (Fsp3) is 0.571. The molecule has 1 saturated heterocycles. The second-order valence-electron chi connectivity index (χ2n) is 4.75. The average molecular weight is 291 g/mol. The summed E-state index contributed by atoms with van der Waals surface area (Å²) in [6, 6.07) is 7.19. The van der Waals surface area contributed by atoms with Crippen molar-refractivity contribution in [1.29, 1.82) is 0 Å². The van der Waals surface area contributed by atoms with Crippen LogP contribution in [0.4, 0.5) is 0 Å². The molecule has 0 saturated carbocycles. The maximum Gasteiger partial charge on any atom is 0.0323 e. The number of piperazine rings is 1. The molecule has 0 amide bonds. The van der Waals surface area contributed by atoms with Gasteiger partial charge in [0, 0.05) is 32.2 Å². The van der Waals surface area contributed by atoms with Crippen LogP contribution >= 0.6 is 24.8 Å². The van der Waals surface area contributed by atoms with Gasteiger partial charge in [-0.1, -0.05) is 18.2 Å². The Kier molecular flexibility index (Phi) is 7.88. The van der Waals surface area contributed by atoms with Crippen LogP contribution in [-0.4, -0.2) is 31.1 Å². The van der Waals surface area contributed by atoms with Gasteiger partial charge in [0.1, 0.15) is 0 Å². The highest BCUT2D eigenvalue weighted by atomic mass is 35.5. The lowest BCUT2D eigenvalue weighted by Crippen LogP contribution is -2.44. The smallest absolute Gasteiger partial charge is 0.0323 e. The van der Waals surface area contributed by atoms with Crippen LogP contribution in [0.25, 0.3) is 0 Å². The van der Waals surface area contributed by atoms with Crippen LogP contribution in [0.2, 0.25) is 0 Å². The Morgan fingerprint density at radius 3 is 2.33 bits per heavy atom. The highest BCUT2D eigenvalue weighted by molar-refractivity contribution is 5.85. The number of hydrogen-bond acceptors (Lipinski definition) is 2. The molecule has 2 nitrogen and oxygen atoms in total. The van der Waals surface area contributed by atoms with Crippen LogP contribution in [-0.2, 0) is 0 Å². The second kappa shape index (κ2) is 8.00. The average Bonchev–Trinajstić information content (AvgIpc) is 2.33. The lowest BCUT2D eigenvalue weighted by atomic mass is 9.97. The molecule has 1 atom stereocenters.